The number of piperidine rings is 1. The Balaban J connectivity index is 1.21. The van der Waals surface area contributed by atoms with E-state index in [9.17, 15) is 0 Å². The summed E-state index contributed by atoms with van der Waals surface area (Å²) >= 11 is 0. The van der Waals surface area contributed by atoms with Gasteiger partial charge < -0.3 is 14.4 Å². The Bertz CT molecular complexity index is 932. The van der Waals surface area contributed by atoms with E-state index in [1.54, 1.807) is 0 Å². The molecule has 1 aliphatic heterocycles. The third-order valence-corrected chi connectivity index (χ3v) is 6.68. The van der Waals surface area contributed by atoms with Crippen LogP contribution in [-0.2, 0) is 10.2 Å². The molecule has 4 rings (SSSR count). The molecule has 1 aliphatic rings. The first kappa shape index (κ1) is 24.5. The van der Waals surface area contributed by atoms with E-state index in [2.05, 4.69) is 111 Å². The molecule has 0 spiro atoms. The van der Waals surface area contributed by atoms with Crippen molar-refractivity contribution in [2.45, 2.75) is 57.7 Å². The summed E-state index contributed by atoms with van der Waals surface area (Å²) in [5.74, 6) is 0.966. The minimum Gasteiger partial charge on any atom is -0.494 e. The van der Waals surface area contributed by atoms with Crippen LogP contribution >= 0.6 is 0 Å². The van der Waals surface area contributed by atoms with Crippen molar-refractivity contribution in [3.05, 3.63) is 102 Å². The largest absolute Gasteiger partial charge is 0.494 e. The van der Waals surface area contributed by atoms with Gasteiger partial charge in [0.05, 0.1) is 12.7 Å². The van der Waals surface area contributed by atoms with Crippen LogP contribution in [0.4, 0.5) is 0 Å². The molecule has 1 saturated heterocycles. The summed E-state index contributed by atoms with van der Waals surface area (Å²) < 4.78 is 12.7. The fourth-order valence-corrected chi connectivity index (χ4v) is 4.60. The van der Waals surface area contributed by atoms with E-state index in [-0.39, 0.29) is 11.5 Å². The van der Waals surface area contributed by atoms with E-state index < -0.39 is 0 Å². The molecule has 180 valence electrons. The maximum atomic E-state index is 6.68. The van der Waals surface area contributed by atoms with Crippen LogP contribution in [0.15, 0.2) is 84.9 Å². The maximum Gasteiger partial charge on any atom is 0.119 e. The Labute approximate surface area is 205 Å². The van der Waals surface area contributed by atoms with Crippen LogP contribution in [0.5, 0.6) is 5.75 Å². The molecule has 3 nitrogen and oxygen atoms in total. The molecular weight excluding hydrogens is 418 g/mol. The molecule has 0 aromatic heterocycles. The molecule has 1 fully saturated rings. The van der Waals surface area contributed by atoms with Gasteiger partial charge in [0.25, 0.3) is 0 Å². The van der Waals surface area contributed by atoms with E-state index in [1.807, 2.05) is 0 Å². The standard InChI is InChI=1S/C31H39NO2/c1-31(2,3)27-15-17-28(18-16-27)33-24-10-21-32-22-19-29(20-23-32)34-30(25-11-6-4-7-12-25)26-13-8-5-9-14-26/h4-9,11-18,29-30H,10,19-24H2,1-3H3. The highest BCUT2D eigenvalue weighted by Crippen LogP contribution is 2.30. The van der Waals surface area contributed by atoms with Crippen LogP contribution in [-0.4, -0.2) is 37.2 Å². The third kappa shape index (κ3) is 6.94. The average molecular weight is 458 g/mol. The van der Waals surface area contributed by atoms with Gasteiger partial charge in [-0.05, 0) is 53.5 Å². The fraction of sp³-hybridized carbons (Fsp3) is 0.419. The predicted molar refractivity (Wildman–Crippen MR) is 141 cm³/mol. The zero-order chi connectivity index (χ0) is 23.8. The van der Waals surface area contributed by atoms with Gasteiger partial charge in [-0.1, -0.05) is 93.6 Å². The second-order valence-corrected chi connectivity index (χ2v) is 10.4. The molecule has 0 unspecified atom stereocenters. The molecular formula is C31H39NO2. The molecule has 0 bridgehead atoms. The van der Waals surface area contributed by atoms with Crippen LogP contribution in [0, 0.1) is 0 Å². The van der Waals surface area contributed by atoms with E-state index in [0.717, 1.165) is 51.3 Å². The van der Waals surface area contributed by atoms with Gasteiger partial charge >= 0.3 is 0 Å². The topological polar surface area (TPSA) is 21.7 Å². The molecule has 0 radical (unpaired) electrons. The maximum absolute atomic E-state index is 6.68. The Morgan fingerprint density at radius 3 is 1.88 bits per heavy atom. The summed E-state index contributed by atoms with van der Waals surface area (Å²) in [5, 5.41) is 0. The molecule has 3 aromatic rings. The zero-order valence-electron chi connectivity index (χ0n) is 21.0. The monoisotopic (exact) mass is 457 g/mol. The first-order valence-corrected chi connectivity index (χ1v) is 12.7. The molecule has 0 atom stereocenters. The van der Waals surface area contributed by atoms with Crippen LogP contribution in [0.25, 0.3) is 0 Å². The number of benzene rings is 3. The van der Waals surface area contributed by atoms with Gasteiger partial charge in [0.1, 0.15) is 11.9 Å². The molecule has 1 heterocycles. The van der Waals surface area contributed by atoms with Crippen LogP contribution in [0.2, 0.25) is 0 Å². The number of likely N-dealkylation sites (tertiary alicyclic amines) is 1. The van der Waals surface area contributed by atoms with Crippen molar-refractivity contribution in [2.75, 3.05) is 26.2 Å². The van der Waals surface area contributed by atoms with E-state index in [4.69, 9.17) is 9.47 Å². The zero-order valence-corrected chi connectivity index (χ0v) is 21.0. The highest BCUT2D eigenvalue weighted by Gasteiger charge is 2.24. The lowest BCUT2D eigenvalue weighted by molar-refractivity contribution is -0.0273. The number of hydrogen-bond acceptors (Lipinski definition) is 3. The van der Waals surface area contributed by atoms with E-state index in [1.165, 1.54) is 16.7 Å². The summed E-state index contributed by atoms with van der Waals surface area (Å²) in [7, 11) is 0. The lowest BCUT2D eigenvalue weighted by Crippen LogP contribution is -2.38. The molecule has 34 heavy (non-hydrogen) atoms. The summed E-state index contributed by atoms with van der Waals surface area (Å²) in [5.41, 5.74) is 3.97. The summed E-state index contributed by atoms with van der Waals surface area (Å²) in [4.78, 5) is 2.55. The molecule has 0 aliphatic carbocycles. The van der Waals surface area contributed by atoms with Gasteiger partial charge in [0.15, 0.2) is 0 Å². The molecule has 0 saturated carbocycles. The average Bonchev–Trinajstić information content (AvgIpc) is 2.87. The summed E-state index contributed by atoms with van der Waals surface area (Å²) in [6, 6.07) is 29.7. The highest BCUT2D eigenvalue weighted by molar-refractivity contribution is 5.31. The Morgan fingerprint density at radius 1 is 0.794 bits per heavy atom. The van der Waals surface area contributed by atoms with Gasteiger partial charge in [-0.2, -0.15) is 0 Å². The normalized spacial score (nSPS) is 15.5. The predicted octanol–water partition coefficient (Wildman–Crippen LogP) is 7.02. The quantitative estimate of drug-likeness (QED) is 0.322. The minimum absolute atomic E-state index is 0.00276. The second-order valence-electron chi connectivity index (χ2n) is 10.4. The summed E-state index contributed by atoms with van der Waals surface area (Å²) in [6.07, 6.45) is 3.48. The van der Waals surface area contributed by atoms with Crippen molar-refractivity contribution in [1.82, 2.24) is 4.90 Å². The van der Waals surface area contributed by atoms with Crippen molar-refractivity contribution >= 4 is 0 Å². The first-order valence-electron chi connectivity index (χ1n) is 12.7. The van der Waals surface area contributed by atoms with Gasteiger partial charge in [0, 0.05) is 19.6 Å². The van der Waals surface area contributed by atoms with Gasteiger partial charge in [-0.3, -0.25) is 0 Å². The van der Waals surface area contributed by atoms with Crippen LogP contribution < -0.4 is 4.74 Å². The highest BCUT2D eigenvalue weighted by atomic mass is 16.5. The first-order chi connectivity index (χ1) is 16.5. The smallest absolute Gasteiger partial charge is 0.119 e. The second kappa shape index (κ2) is 11.7. The Kier molecular flexibility index (Phi) is 8.42. The van der Waals surface area contributed by atoms with Crippen molar-refractivity contribution in [1.29, 1.82) is 0 Å². The van der Waals surface area contributed by atoms with Gasteiger partial charge in [-0.15, -0.1) is 0 Å². The number of hydrogen-bond donors (Lipinski definition) is 0. The lowest BCUT2D eigenvalue weighted by atomic mass is 9.87. The van der Waals surface area contributed by atoms with Crippen LogP contribution in [0.3, 0.4) is 0 Å². The Hall–Kier alpha value is -2.62. The van der Waals surface area contributed by atoms with Crippen molar-refractivity contribution in [2.24, 2.45) is 0 Å². The van der Waals surface area contributed by atoms with Crippen LogP contribution in [0.1, 0.15) is 62.8 Å². The number of nitrogens with zero attached hydrogens (tertiary/aromatic N) is 1. The van der Waals surface area contributed by atoms with E-state index >= 15 is 0 Å². The lowest BCUT2D eigenvalue weighted by Gasteiger charge is -2.34. The van der Waals surface area contributed by atoms with E-state index in [0.29, 0.717) is 6.10 Å². The number of rotatable bonds is 9. The Morgan fingerprint density at radius 2 is 1.35 bits per heavy atom. The molecule has 3 aromatic carbocycles. The molecule has 0 amide bonds. The van der Waals surface area contributed by atoms with Crippen molar-refractivity contribution in [3.63, 3.8) is 0 Å². The van der Waals surface area contributed by atoms with Gasteiger partial charge in [-0.25, -0.2) is 0 Å². The van der Waals surface area contributed by atoms with Crippen molar-refractivity contribution in [3.8, 4) is 5.75 Å². The molecule has 3 heteroatoms. The fourth-order valence-electron chi connectivity index (χ4n) is 4.60. The number of ether oxygens (including phenoxy) is 2. The van der Waals surface area contributed by atoms with Crippen molar-refractivity contribution < 1.29 is 9.47 Å². The van der Waals surface area contributed by atoms with Gasteiger partial charge in [0.2, 0.25) is 0 Å². The summed E-state index contributed by atoms with van der Waals surface area (Å²) in [6.45, 7) is 10.7. The SMILES string of the molecule is CC(C)(C)c1ccc(OCCCN2CCC(OC(c3ccccc3)c3ccccc3)CC2)cc1. The molecule has 0 N–H and O–H groups in total. The third-order valence-electron chi connectivity index (χ3n) is 6.68. The minimum atomic E-state index is -0.00276.